The minimum atomic E-state index is -0.257. The SMILES string of the molecule is CCOC(=O)CCSC(=O)Cc1ccc(OC)cc1. The van der Waals surface area contributed by atoms with Crippen molar-refractivity contribution >= 4 is 22.8 Å². The summed E-state index contributed by atoms with van der Waals surface area (Å²) in [6.07, 6.45) is 0.629. The number of thioether (sulfide) groups is 1. The highest BCUT2D eigenvalue weighted by atomic mass is 32.2. The van der Waals surface area contributed by atoms with Crippen molar-refractivity contribution in [3.8, 4) is 5.75 Å². The third-order valence-corrected chi connectivity index (χ3v) is 3.26. The van der Waals surface area contributed by atoms with Gasteiger partial charge in [-0.3, -0.25) is 9.59 Å². The number of rotatable bonds is 7. The maximum absolute atomic E-state index is 11.7. The largest absolute Gasteiger partial charge is 0.497 e. The van der Waals surface area contributed by atoms with Crippen molar-refractivity contribution in [2.75, 3.05) is 19.5 Å². The van der Waals surface area contributed by atoms with Gasteiger partial charge in [-0.05, 0) is 24.6 Å². The molecule has 0 spiro atoms. The molecule has 5 heteroatoms. The Balaban J connectivity index is 2.28. The number of ether oxygens (including phenoxy) is 2. The first kappa shape index (κ1) is 15.6. The first-order valence-corrected chi connectivity index (χ1v) is 7.08. The average Bonchev–Trinajstić information content (AvgIpc) is 2.40. The van der Waals surface area contributed by atoms with E-state index < -0.39 is 0 Å². The predicted molar refractivity (Wildman–Crippen MR) is 75.4 cm³/mol. The Morgan fingerprint density at radius 3 is 2.47 bits per heavy atom. The second kappa shape index (κ2) is 8.58. The normalized spacial score (nSPS) is 10.0. The fourth-order valence-corrected chi connectivity index (χ4v) is 2.21. The van der Waals surface area contributed by atoms with E-state index in [-0.39, 0.29) is 17.5 Å². The van der Waals surface area contributed by atoms with Crippen LogP contribution >= 0.6 is 11.8 Å². The molecule has 0 amide bonds. The van der Waals surface area contributed by atoms with Crippen LogP contribution in [-0.4, -0.2) is 30.6 Å². The van der Waals surface area contributed by atoms with E-state index in [2.05, 4.69) is 0 Å². The highest BCUT2D eigenvalue weighted by molar-refractivity contribution is 8.13. The molecule has 0 aromatic heterocycles. The number of benzene rings is 1. The molecule has 1 rings (SSSR count). The summed E-state index contributed by atoms with van der Waals surface area (Å²) < 4.78 is 9.84. The Bertz CT molecular complexity index is 414. The van der Waals surface area contributed by atoms with Gasteiger partial charge in [0.15, 0.2) is 5.12 Å². The molecule has 0 bridgehead atoms. The van der Waals surface area contributed by atoms with Crippen molar-refractivity contribution in [3.05, 3.63) is 29.8 Å². The molecule has 104 valence electrons. The Morgan fingerprint density at radius 1 is 1.21 bits per heavy atom. The summed E-state index contributed by atoms with van der Waals surface area (Å²) in [6.45, 7) is 2.14. The van der Waals surface area contributed by atoms with Gasteiger partial charge in [0, 0.05) is 12.2 Å². The van der Waals surface area contributed by atoms with E-state index in [1.54, 1.807) is 14.0 Å². The molecule has 19 heavy (non-hydrogen) atoms. The third-order valence-electron chi connectivity index (χ3n) is 2.38. The molecular formula is C14H18O4S. The molecule has 0 atom stereocenters. The molecule has 0 radical (unpaired) electrons. The molecule has 0 unspecified atom stereocenters. The van der Waals surface area contributed by atoms with Crippen molar-refractivity contribution in [2.24, 2.45) is 0 Å². The molecule has 0 aliphatic heterocycles. The lowest BCUT2D eigenvalue weighted by molar-refractivity contribution is -0.142. The number of esters is 1. The highest BCUT2D eigenvalue weighted by Crippen LogP contribution is 2.15. The van der Waals surface area contributed by atoms with Crippen LogP contribution in [0.15, 0.2) is 24.3 Å². The van der Waals surface area contributed by atoms with Gasteiger partial charge in [0.05, 0.1) is 20.1 Å². The van der Waals surface area contributed by atoms with Gasteiger partial charge in [-0.1, -0.05) is 23.9 Å². The predicted octanol–water partition coefficient (Wildman–Crippen LogP) is 2.45. The van der Waals surface area contributed by atoms with Crippen LogP contribution in [0.4, 0.5) is 0 Å². The first-order chi connectivity index (χ1) is 9.15. The summed E-state index contributed by atoms with van der Waals surface area (Å²) in [5.74, 6) is 0.979. The zero-order valence-corrected chi connectivity index (χ0v) is 12.0. The van der Waals surface area contributed by atoms with Crippen molar-refractivity contribution in [3.63, 3.8) is 0 Å². The quantitative estimate of drug-likeness (QED) is 0.719. The molecule has 1 aromatic rings. The summed E-state index contributed by atoms with van der Waals surface area (Å²) in [5.41, 5.74) is 0.939. The standard InChI is InChI=1S/C14H18O4S/c1-3-18-13(15)8-9-19-14(16)10-11-4-6-12(17-2)7-5-11/h4-7H,3,8-10H2,1-2H3. The average molecular weight is 282 g/mol. The topological polar surface area (TPSA) is 52.6 Å². The van der Waals surface area contributed by atoms with E-state index in [1.165, 1.54) is 0 Å². The summed E-state index contributed by atoms with van der Waals surface area (Å²) in [6, 6.07) is 7.38. The van der Waals surface area contributed by atoms with E-state index in [9.17, 15) is 9.59 Å². The van der Waals surface area contributed by atoms with E-state index in [4.69, 9.17) is 9.47 Å². The van der Waals surface area contributed by atoms with Gasteiger partial charge in [-0.15, -0.1) is 0 Å². The van der Waals surface area contributed by atoms with Gasteiger partial charge >= 0.3 is 5.97 Å². The van der Waals surface area contributed by atoms with Crippen molar-refractivity contribution in [1.29, 1.82) is 0 Å². The summed E-state index contributed by atoms with van der Waals surface area (Å²) in [5, 5.41) is 0.0504. The van der Waals surface area contributed by atoms with E-state index >= 15 is 0 Å². The lowest BCUT2D eigenvalue weighted by atomic mass is 10.2. The van der Waals surface area contributed by atoms with E-state index in [1.807, 2.05) is 24.3 Å². The van der Waals surface area contributed by atoms with Gasteiger partial charge in [-0.2, -0.15) is 0 Å². The van der Waals surface area contributed by atoms with E-state index in [0.29, 0.717) is 18.8 Å². The van der Waals surface area contributed by atoms with Crippen molar-refractivity contribution < 1.29 is 19.1 Å². The maximum atomic E-state index is 11.7. The van der Waals surface area contributed by atoms with Crippen LogP contribution < -0.4 is 4.74 Å². The van der Waals surface area contributed by atoms with Crippen LogP contribution in [-0.2, 0) is 20.7 Å². The molecule has 0 aliphatic carbocycles. The summed E-state index contributed by atoms with van der Waals surface area (Å²) in [7, 11) is 1.60. The molecule has 4 nitrogen and oxygen atoms in total. The number of hydrogen-bond acceptors (Lipinski definition) is 5. The minimum absolute atomic E-state index is 0.0504. The number of carbonyl (C=O) groups excluding carboxylic acids is 2. The van der Waals surface area contributed by atoms with Gasteiger partial charge in [0.2, 0.25) is 0 Å². The minimum Gasteiger partial charge on any atom is -0.497 e. The van der Waals surface area contributed by atoms with E-state index in [0.717, 1.165) is 23.1 Å². The molecule has 0 fully saturated rings. The van der Waals surface area contributed by atoms with Gasteiger partial charge in [-0.25, -0.2) is 0 Å². The molecule has 0 saturated heterocycles. The molecule has 0 saturated carbocycles. The number of hydrogen-bond donors (Lipinski definition) is 0. The Morgan fingerprint density at radius 2 is 1.89 bits per heavy atom. The zero-order chi connectivity index (χ0) is 14.1. The molecule has 0 heterocycles. The number of methoxy groups -OCH3 is 1. The Hall–Kier alpha value is -1.49. The van der Waals surface area contributed by atoms with Crippen molar-refractivity contribution in [1.82, 2.24) is 0 Å². The second-order valence-electron chi connectivity index (χ2n) is 3.80. The van der Waals surface area contributed by atoms with Gasteiger partial charge in [0.25, 0.3) is 0 Å². The lowest BCUT2D eigenvalue weighted by Gasteiger charge is -2.03. The van der Waals surface area contributed by atoms with Gasteiger partial charge in [0.1, 0.15) is 5.75 Å². The van der Waals surface area contributed by atoms with Crippen LogP contribution in [0.2, 0.25) is 0 Å². The fraction of sp³-hybridized carbons (Fsp3) is 0.429. The zero-order valence-electron chi connectivity index (χ0n) is 11.2. The lowest BCUT2D eigenvalue weighted by Crippen LogP contribution is -2.06. The van der Waals surface area contributed by atoms with Crippen LogP contribution in [0, 0.1) is 0 Å². The molecule has 0 N–H and O–H groups in total. The molecule has 0 aliphatic rings. The smallest absolute Gasteiger partial charge is 0.306 e. The second-order valence-corrected chi connectivity index (χ2v) is 4.95. The third kappa shape index (κ3) is 6.29. The highest BCUT2D eigenvalue weighted by Gasteiger charge is 2.07. The Labute approximate surface area is 117 Å². The van der Waals surface area contributed by atoms with Crippen LogP contribution in [0.5, 0.6) is 5.75 Å². The Kier molecular flexibility index (Phi) is 7.03. The van der Waals surface area contributed by atoms with Crippen LogP contribution in [0.3, 0.4) is 0 Å². The number of carbonyl (C=O) groups is 2. The van der Waals surface area contributed by atoms with Crippen LogP contribution in [0.1, 0.15) is 18.9 Å². The molecular weight excluding hydrogens is 264 g/mol. The first-order valence-electron chi connectivity index (χ1n) is 6.10. The summed E-state index contributed by atoms with van der Waals surface area (Å²) in [4.78, 5) is 22.8. The fourth-order valence-electron chi connectivity index (χ4n) is 1.44. The van der Waals surface area contributed by atoms with Crippen molar-refractivity contribution in [2.45, 2.75) is 19.8 Å². The van der Waals surface area contributed by atoms with Gasteiger partial charge < -0.3 is 9.47 Å². The summed E-state index contributed by atoms with van der Waals surface area (Å²) >= 11 is 1.16. The molecule has 1 aromatic carbocycles. The van der Waals surface area contributed by atoms with Crippen LogP contribution in [0.25, 0.3) is 0 Å². The maximum Gasteiger partial charge on any atom is 0.306 e. The monoisotopic (exact) mass is 282 g/mol.